The number of fused-ring (bicyclic) bond motifs is 1. The van der Waals surface area contributed by atoms with Crippen molar-refractivity contribution in [3.05, 3.63) is 34.9 Å². The van der Waals surface area contributed by atoms with Crippen LogP contribution in [0.4, 0.5) is 0 Å². The Hall–Kier alpha value is -0.820. The summed E-state index contributed by atoms with van der Waals surface area (Å²) < 4.78 is 0. The van der Waals surface area contributed by atoms with Crippen LogP contribution in [0.5, 0.6) is 0 Å². The molecule has 0 amide bonds. The Balaban J connectivity index is 1.87. The quantitative estimate of drug-likeness (QED) is 0.775. The van der Waals surface area contributed by atoms with Gasteiger partial charge in [-0.25, -0.2) is 0 Å². The number of nitrogens with one attached hydrogen (secondary N) is 1. The maximum absolute atomic E-state index is 3.77. The molecule has 1 heteroatoms. The van der Waals surface area contributed by atoms with E-state index in [2.05, 4.69) is 30.4 Å². The summed E-state index contributed by atoms with van der Waals surface area (Å²) >= 11 is 0. The van der Waals surface area contributed by atoms with E-state index in [4.69, 9.17) is 0 Å². The van der Waals surface area contributed by atoms with Gasteiger partial charge in [0, 0.05) is 12.1 Å². The van der Waals surface area contributed by atoms with Gasteiger partial charge >= 0.3 is 0 Å². The summed E-state index contributed by atoms with van der Waals surface area (Å²) in [5.74, 6) is 0. The monoisotopic (exact) mass is 201 g/mol. The van der Waals surface area contributed by atoms with E-state index in [-0.39, 0.29) is 0 Å². The molecule has 1 atom stereocenters. The number of benzene rings is 1. The molecule has 1 saturated carbocycles. The van der Waals surface area contributed by atoms with Gasteiger partial charge in [-0.3, -0.25) is 0 Å². The van der Waals surface area contributed by atoms with Crippen LogP contribution in [0.3, 0.4) is 0 Å². The molecular weight excluding hydrogens is 182 g/mol. The minimum Gasteiger partial charge on any atom is -0.307 e. The molecule has 3 rings (SSSR count). The highest BCUT2D eigenvalue weighted by Crippen LogP contribution is 2.33. The first-order valence-electron chi connectivity index (χ1n) is 6.18. The molecule has 2 aliphatic rings. The van der Waals surface area contributed by atoms with E-state index >= 15 is 0 Å². The molecule has 0 aliphatic heterocycles. The number of hydrogen-bond acceptors (Lipinski definition) is 1. The first-order valence-corrected chi connectivity index (χ1v) is 6.18. The fourth-order valence-corrected chi connectivity index (χ4v) is 2.65. The molecule has 0 aromatic heterocycles. The van der Waals surface area contributed by atoms with E-state index in [0.29, 0.717) is 6.04 Å². The zero-order valence-corrected chi connectivity index (χ0v) is 9.42. The summed E-state index contributed by atoms with van der Waals surface area (Å²) in [5.41, 5.74) is 4.55. The lowest BCUT2D eigenvalue weighted by Crippen LogP contribution is -2.26. The third-order valence-corrected chi connectivity index (χ3v) is 3.63. The average Bonchev–Trinajstić information content (AvgIpc) is 3.01. The second-order valence-electron chi connectivity index (χ2n) is 5.09. The summed E-state index contributed by atoms with van der Waals surface area (Å²) in [6, 6.07) is 8.43. The van der Waals surface area contributed by atoms with Crippen LogP contribution in [0.25, 0.3) is 0 Å². The van der Waals surface area contributed by atoms with Gasteiger partial charge in [-0.2, -0.15) is 0 Å². The summed E-state index contributed by atoms with van der Waals surface area (Å²) in [6.45, 7) is 2.19. The average molecular weight is 201 g/mol. The summed E-state index contributed by atoms with van der Waals surface area (Å²) in [5, 5.41) is 3.77. The van der Waals surface area contributed by atoms with Crippen LogP contribution in [-0.2, 0) is 6.42 Å². The number of aryl methyl sites for hydroxylation is 2. The number of rotatable bonds is 2. The van der Waals surface area contributed by atoms with E-state index in [1.165, 1.54) is 37.7 Å². The Bertz CT molecular complexity index is 366. The molecule has 15 heavy (non-hydrogen) atoms. The van der Waals surface area contributed by atoms with Crippen molar-refractivity contribution in [3.63, 3.8) is 0 Å². The van der Waals surface area contributed by atoms with E-state index in [0.717, 1.165) is 6.04 Å². The summed E-state index contributed by atoms with van der Waals surface area (Å²) in [6.07, 6.45) is 6.72. The Kier molecular flexibility index (Phi) is 2.28. The Labute approximate surface area is 91.9 Å². The van der Waals surface area contributed by atoms with Crippen LogP contribution in [0, 0.1) is 6.92 Å². The third kappa shape index (κ3) is 1.93. The van der Waals surface area contributed by atoms with Crippen LogP contribution in [0.1, 0.15) is 48.4 Å². The molecule has 1 N–H and O–H groups in total. The molecule has 1 unspecified atom stereocenters. The van der Waals surface area contributed by atoms with Crippen LogP contribution in [0.2, 0.25) is 0 Å². The fraction of sp³-hybridized carbons (Fsp3) is 0.571. The maximum Gasteiger partial charge on any atom is 0.0325 e. The van der Waals surface area contributed by atoms with E-state index < -0.39 is 0 Å². The van der Waals surface area contributed by atoms with Crippen LogP contribution < -0.4 is 5.32 Å². The molecule has 1 aromatic carbocycles. The highest BCUT2D eigenvalue weighted by atomic mass is 15.0. The molecular formula is C14H19N. The van der Waals surface area contributed by atoms with Crippen molar-refractivity contribution < 1.29 is 0 Å². The minimum atomic E-state index is 0.641. The first-order chi connectivity index (χ1) is 7.33. The van der Waals surface area contributed by atoms with Gasteiger partial charge in [-0.05, 0) is 50.2 Å². The molecule has 1 aromatic rings. The molecule has 2 aliphatic carbocycles. The predicted octanol–water partition coefficient (Wildman–Crippen LogP) is 3.12. The van der Waals surface area contributed by atoms with Crippen molar-refractivity contribution in [1.82, 2.24) is 5.32 Å². The van der Waals surface area contributed by atoms with E-state index in [9.17, 15) is 0 Å². The van der Waals surface area contributed by atoms with Crippen molar-refractivity contribution in [2.24, 2.45) is 0 Å². The highest BCUT2D eigenvalue weighted by molar-refractivity contribution is 5.35. The van der Waals surface area contributed by atoms with Gasteiger partial charge in [0.15, 0.2) is 0 Å². The van der Waals surface area contributed by atoms with Crippen LogP contribution in [-0.4, -0.2) is 6.04 Å². The smallest absolute Gasteiger partial charge is 0.0325 e. The summed E-state index contributed by atoms with van der Waals surface area (Å²) in [4.78, 5) is 0. The molecule has 80 valence electrons. The zero-order valence-electron chi connectivity index (χ0n) is 9.42. The molecule has 0 radical (unpaired) electrons. The largest absolute Gasteiger partial charge is 0.307 e. The molecule has 0 saturated heterocycles. The Morgan fingerprint density at radius 3 is 2.87 bits per heavy atom. The molecule has 0 spiro atoms. The lowest BCUT2D eigenvalue weighted by molar-refractivity contribution is 0.457. The SMILES string of the molecule is Cc1ccc2c(c1)CCCC2NC1CC1. The van der Waals surface area contributed by atoms with Gasteiger partial charge in [0.1, 0.15) is 0 Å². The lowest BCUT2D eigenvalue weighted by Gasteiger charge is -2.26. The number of hydrogen-bond donors (Lipinski definition) is 1. The second kappa shape index (κ2) is 3.64. The van der Waals surface area contributed by atoms with Crippen LogP contribution >= 0.6 is 0 Å². The fourth-order valence-electron chi connectivity index (χ4n) is 2.65. The highest BCUT2D eigenvalue weighted by Gasteiger charge is 2.27. The van der Waals surface area contributed by atoms with Crippen molar-refractivity contribution >= 4 is 0 Å². The first kappa shape index (κ1) is 9.41. The summed E-state index contributed by atoms with van der Waals surface area (Å²) in [7, 11) is 0. The molecule has 0 heterocycles. The van der Waals surface area contributed by atoms with Gasteiger partial charge < -0.3 is 5.32 Å². The van der Waals surface area contributed by atoms with E-state index in [1.54, 1.807) is 11.1 Å². The van der Waals surface area contributed by atoms with Gasteiger partial charge in [-0.15, -0.1) is 0 Å². The normalized spacial score (nSPS) is 25.0. The molecule has 1 fully saturated rings. The van der Waals surface area contributed by atoms with Crippen molar-refractivity contribution in [2.45, 2.75) is 51.1 Å². The lowest BCUT2D eigenvalue weighted by atomic mass is 9.86. The third-order valence-electron chi connectivity index (χ3n) is 3.63. The standard InChI is InChI=1S/C14H19N/c1-10-5-8-13-11(9-10)3-2-4-14(13)15-12-6-7-12/h5,8-9,12,14-15H,2-4,6-7H2,1H3. The topological polar surface area (TPSA) is 12.0 Å². The zero-order chi connectivity index (χ0) is 10.3. The van der Waals surface area contributed by atoms with Gasteiger partial charge in [0.05, 0.1) is 0 Å². The minimum absolute atomic E-state index is 0.641. The van der Waals surface area contributed by atoms with Crippen molar-refractivity contribution in [2.75, 3.05) is 0 Å². The Morgan fingerprint density at radius 1 is 1.20 bits per heavy atom. The Morgan fingerprint density at radius 2 is 2.07 bits per heavy atom. The van der Waals surface area contributed by atoms with Crippen LogP contribution in [0.15, 0.2) is 18.2 Å². The second-order valence-corrected chi connectivity index (χ2v) is 5.09. The predicted molar refractivity (Wildman–Crippen MR) is 63.0 cm³/mol. The van der Waals surface area contributed by atoms with Gasteiger partial charge in [0.25, 0.3) is 0 Å². The van der Waals surface area contributed by atoms with E-state index in [1.807, 2.05) is 0 Å². The molecule has 1 nitrogen and oxygen atoms in total. The maximum atomic E-state index is 3.77. The van der Waals surface area contributed by atoms with Gasteiger partial charge in [0.2, 0.25) is 0 Å². The molecule has 0 bridgehead atoms. The van der Waals surface area contributed by atoms with Crippen molar-refractivity contribution in [3.8, 4) is 0 Å². The van der Waals surface area contributed by atoms with Crippen molar-refractivity contribution in [1.29, 1.82) is 0 Å². The van der Waals surface area contributed by atoms with Gasteiger partial charge in [-0.1, -0.05) is 23.8 Å².